The molecule has 0 aromatic heterocycles. The third-order valence-corrected chi connectivity index (χ3v) is 2.55. The van der Waals surface area contributed by atoms with Crippen molar-refractivity contribution in [3.8, 4) is 0 Å². The molecule has 0 aliphatic carbocycles. The zero-order valence-electron chi connectivity index (χ0n) is 7.96. The van der Waals surface area contributed by atoms with Gasteiger partial charge in [-0.05, 0) is 35.0 Å². The van der Waals surface area contributed by atoms with Gasteiger partial charge < -0.3 is 11.5 Å². The Labute approximate surface area is 91.6 Å². The first-order chi connectivity index (χ1) is 6.52. The Bertz CT molecular complexity index is 350. The van der Waals surface area contributed by atoms with Gasteiger partial charge in [-0.15, -0.1) is 0 Å². The first kappa shape index (κ1) is 11.2. The highest BCUT2D eigenvalue weighted by Gasteiger charge is 2.12. The van der Waals surface area contributed by atoms with E-state index in [1.165, 1.54) is 0 Å². The van der Waals surface area contributed by atoms with E-state index in [-0.39, 0.29) is 11.8 Å². The highest BCUT2D eigenvalue weighted by atomic mass is 79.9. The van der Waals surface area contributed by atoms with Gasteiger partial charge in [0.05, 0.1) is 5.69 Å². The van der Waals surface area contributed by atoms with Crippen LogP contribution in [0, 0.1) is 0 Å². The van der Waals surface area contributed by atoms with E-state index >= 15 is 0 Å². The molecule has 0 saturated carbocycles. The average Bonchev–Trinajstić information content (AvgIpc) is 2.08. The summed E-state index contributed by atoms with van der Waals surface area (Å²) < 4.78 is 0.744. The maximum atomic E-state index is 11.6. The van der Waals surface area contributed by atoms with Crippen LogP contribution in [0.25, 0.3) is 0 Å². The van der Waals surface area contributed by atoms with Gasteiger partial charge in [-0.25, -0.2) is 0 Å². The highest BCUT2D eigenvalue weighted by molar-refractivity contribution is 9.10. The number of para-hydroxylation sites is 1. The molecule has 0 radical (unpaired) electrons. The van der Waals surface area contributed by atoms with Crippen molar-refractivity contribution in [3.05, 3.63) is 28.2 Å². The van der Waals surface area contributed by atoms with Crippen molar-refractivity contribution in [1.82, 2.24) is 0 Å². The van der Waals surface area contributed by atoms with E-state index in [0.717, 1.165) is 4.47 Å². The Kier molecular flexibility index (Phi) is 3.66. The molecule has 1 aromatic rings. The summed E-state index contributed by atoms with van der Waals surface area (Å²) in [4.78, 5) is 11.6. The summed E-state index contributed by atoms with van der Waals surface area (Å²) in [6.07, 6.45) is 0.320. The van der Waals surface area contributed by atoms with Gasteiger partial charge in [-0.3, -0.25) is 4.79 Å². The molecule has 0 spiro atoms. The lowest BCUT2D eigenvalue weighted by Crippen LogP contribution is -2.20. The molecule has 1 atom stereocenters. The molecular weight excluding hydrogens is 244 g/mol. The van der Waals surface area contributed by atoms with E-state index in [1.807, 2.05) is 0 Å². The minimum absolute atomic E-state index is 0.0150. The second-order valence-corrected chi connectivity index (χ2v) is 4.16. The van der Waals surface area contributed by atoms with E-state index in [1.54, 1.807) is 25.1 Å². The smallest absolute Gasteiger partial charge is 0.166 e. The number of halogens is 1. The predicted molar refractivity (Wildman–Crippen MR) is 61.2 cm³/mol. The van der Waals surface area contributed by atoms with Gasteiger partial charge in [0.15, 0.2) is 5.78 Å². The number of Topliss-reactive ketones (excluding diaryl/α,β-unsaturated/α-hetero) is 1. The zero-order valence-corrected chi connectivity index (χ0v) is 9.54. The quantitative estimate of drug-likeness (QED) is 0.642. The van der Waals surface area contributed by atoms with Crippen molar-refractivity contribution in [2.75, 3.05) is 5.73 Å². The lowest BCUT2D eigenvalue weighted by atomic mass is 10.0. The fourth-order valence-electron chi connectivity index (χ4n) is 1.18. The number of hydrogen-bond acceptors (Lipinski definition) is 3. The zero-order chi connectivity index (χ0) is 10.7. The number of carbonyl (C=O) groups is 1. The number of ketones is 1. The Morgan fingerprint density at radius 3 is 2.79 bits per heavy atom. The minimum atomic E-state index is -0.138. The molecule has 0 aliphatic heterocycles. The summed E-state index contributed by atoms with van der Waals surface area (Å²) in [6.45, 7) is 1.80. The standard InChI is InChI=1S/C10H13BrN2O/c1-6(12)5-9(14)7-3-2-4-8(11)10(7)13/h2-4,6H,5,12-13H2,1H3. The lowest BCUT2D eigenvalue weighted by molar-refractivity contribution is 0.0977. The minimum Gasteiger partial charge on any atom is -0.397 e. The second kappa shape index (κ2) is 4.57. The van der Waals surface area contributed by atoms with E-state index in [9.17, 15) is 4.79 Å². The van der Waals surface area contributed by atoms with Crippen LogP contribution in [0.5, 0.6) is 0 Å². The number of carbonyl (C=O) groups excluding carboxylic acids is 1. The molecule has 0 bridgehead atoms. The molecule has 0 heterocycles. The number of nitrogens with two attached hydrogens (primary N) is 2. The average molecular weight is 257 g/mol. The van der Waals surface area contributed by atoms with Crippen LogP contribution in [0.2, 0.25) is 0 Å². The fraction of sp³-hybridized carbons (Fsp3) is 0.300. The largest absolute Gasteiger partial charge is 0.397 e. The van der Waals surface area contributed by atoms with Crippen LogP contribution in [0.4, 0.5) is 5.69 Å². The van der Waals surface area contributed by atoms with Crippen LogP contribution in [0.15, 0.2) is 22.7 Å². The summed E-state index contributed by atoms with van der Waals surface area (Å²) >= 11 is 3.27. The molecule has 1 unspecified atom stereocenters. The van der Waals surface area contributed by atoms with E-state index in [2.05, 4.69) is 15.9 Å². The van der Waals surface area contributed by atoms with Crippen molar-refractivity contribution >= 4 is 27.4 Å². The summed E-state index contributed by atoms with van der Waals surface area (Å²) in [6, 6.07) is 5.17. The van der Waals surface area contributed by atoms with Crippen LogP contribution in [-0.2, 0) is 0 Å². The molecule has 3 nitrogen and oxygen atoms in total. The molecule has 76 valence electrons. The van der Waals surface area contributed by atoms with Gasteiger partial charge >= 0.3 is 0 Å². The van der Waals surface area contributed by atoms with Crippen LogP contribution in [0.1, 0.15) is 23.7 Å². The van der Waals surface area contributed by atoms with Gasteiger partial charge in [0, 0.05) is 22.5 Å². The summed E-state index contributed by atoms with van der Waals surface area (Å²) in [5, 5.41) is 0. The van der Waals surface area contributed by atoms with Crippen molar-refractivity contribution in [1.29, 1.82) is 0 Å². The molecule has 1 rings (SSSR count). The van der Waals surface area contributed by atoms with Gasteiger partial charge in [0.1, 0.15) is 0 Å². The maximum absolute atomic E-state index is 11.6. The second-order valence-electron chi connectivity index (χ2n) is 3.31. The summed E-state index contributed by atoms with van der Waals surface area (Å²) in [5.74, 6) is -0.0150. The molecule has 1 aromatic carbocycles. The molecular formula is C10H13BrN2O. The van der Waals surface area contributed by atoms with Gasteiger partial charge in [-0.2, -0.15) is 0 Å². The predicted octanol–water partition coefficient (Wildman–Crippen LogP) is 1.95. The van der Waals surface area contributed by atoms with Gasteiger partial charge in [0.25, 0.3) is 0 Å². The van der Waals surface area contributed by atoms with Crippen LogP contribution < -0.4 is 11.5 Å². The Morgan fingerprint density at radius 2 is 2.21 bits per heavy atom. The third kappa shape index (κ3) is 2.56. The molecule has 0 saturated heterocycles. The molecule has 4 N–H and O–H groups in total. The van der Waals surface area contributed by atoms with Crippen molar-refractivity contribution in [3.63, 3.8) is 0 Å². The molecule has 0 fully saturated rings. The SMILES string of the molecule is CC(N)CC(=O)c1cccc(Br)c1N. The van der Waals surface area contributed by atoms with Gasteiger partial charge in [0.2, 0.25) is 0 Å². The molecule has 0 aliphatic rings. The van der Waals surface area contributed by atoms with Crippen molar-refractivity contribution in [2.24, 2.45) is 5.73 Å². The third-order valence-electron chi connectivity index (χ3n) is 1.86. The lowest BCUT2D eigenvalue weighted by Gasteiger charge is -2.07. The number of anilines is 1. The summed E-state index contributed by atoms with van der Waals surface area (Å²) in [7, 11) is 0. The van der Waals surface area contributed by atoms with Crippen molar-refractivity contribution < 1.29 is 4.79 Å². The van der Waals surface area contributed by atoms with Crippen molar-refractivity contribution in [2.45, 2.75) is 19.4 Å². The van der Waals surface area contributed by atoms with E-state index in [0.29, 0.717) is 17.7 Å². The number of nitrogen functional groups attached to an aromatic ring is 1. The fourth-order valence-corrected chi connectivity index (χ4v) is 1.55. The van der Waals surface area contributed by atoms with Crippen LogP contribution in [0.3, 0.4) is 0 Å². The van der Waals surface area contributed by atoms with Crippen LogP contribution >= 0.6 is 15.9 Å². The van der Waals surface area contributed by atoms with E-state index < -0.39 is 0 Å². The van der Waals surface area contributed by atoms with Gasteiger partial charge in [-0.1, -0.05) is 6.07 Å². The number of benzene rings is 1. The Morgan fingerprint density at radius 1 is 1.57 bits per heavy atom. The molecule has 0 amide bonds. The summed E-state index contributed by atoms with van der Waals surface area (Å²) in [5.41, 5.74) is 12.3. The first-order valence-electron chi connectivity index (χ1n) is 4.35. The monoisotopic (exact) mass is 256 g/mol. The van der Waals surface area contributed by atoms with E-state index in [4.69, 9.17) is 11.5 Å². The normalized spacial score (nSPS) is 12.5. The maximum Gasteiger partial charge on any atom is 0.166 e. The van der Waals surface area contributed by atoms with Crippen LogP contribution in [-0.4, -0.2) is 11.8 Å². The molecule has 14 heavy (non-hydrogen) atoms. The Balaban J connectivity index is 2.96. The molecule has 4 heteroatoms. The number of rotatable bonds is 3. The first-order valence-corrected chi connectivity index (χ1v) is 5.14. The number of hydrogen-bond donors (Lipinski definition) is 2. The highest BCUT2D eigenvalue weighted by Crippen LogP contribution is 2.24. The topological polar surface area (TPSA) is 69.1 Å². The Hall–Kier alpha value is -0.870.